The van der Waals surface area contributed by atoms with Crippen molar-refractivity contribution in [3.05, 3.63) is 42.5 Å². The minimum Gasteiger partial charge on any atom is -0.497 e. The normalized spacial score (nSPS) is 14.0. The maximum Gasteiger partial charge on any atom is 0.412 e. The van der Waals surface area contributed by atoms with E-state index in [-0.39, 0.29) is 18.4 Å². The number of hydrogen-bond acceptors (Lipinski definition) is 6. The number of anilines is 3. The lowest BCUT2D eigenvalue weighted by atomic mass is 10.1. The average molecular weight is 441 g/mol. The zero-order valence-corrected chi connectivity index (χ0v) is 18.7. The summed E-state index contributed by atoms with van der Waals surface area (Å²) in [6, 6.07) is 10.9. The number of rotatable bonds is 5. The molecule has 0 fully saturated rings. The first-order chi connectivity index (χ1) is 15.1. The predicted molar refractivity (Wildman–Crippen MR) is 120 cm³/mol. The smallest absolute Gasteiger partial charge is 0.412 e. The SMILES string of the molecule is COc1ccc(NC(=O)C(C)N2C(=O)COc3ccc(NC(=O)OC(C)(C)C)cc32)cc1. The molecule has 9 heteroatoms. The van der Waals surface area contributed by atoms with Crippen molar-refractivity contribution in [2.75, 3.05) is 29.3 Å². The number of nitrogens with zero attached hydrogens (tertiary/aromatic N) is 1. The molecular weight excluding hydrogens is 414 g/mol. The molecule has 0 aliphatic carbocycles. The highest BCUT2D eigenvalue weighted by Gasteiger charge is 2.33. The van der Waals surface area contributed by atoms with Gasteiger partial charge in [0.25, 0.3) is 5.91 Å². The van der Waals surface area contributed by atoms with Gasteiger partial charge < -0.3 is 19.5 Å². The molecular formula is C23H27N3O6. The summed E-state index contributed by atoms with van der Waals surface area (Å²) in [7, 11) is 1.56. The van der Waals surface area contributed by atoms with E-state index in [0.717, 1.165) is 0 Å². The Hall–Kier alpha value is -3.75. The molecule has 32 heavy (non-hydrogen) atoms. The highest BCUT2D eigenvalue weighted by molar-refractivity contribution is 6.07. The number of carbonyl (C=O) groups excluding carboxylic acids is 3. The Balaban J connectivity index is 1.80. The van der Waals surface area contributed by atoms with Crippen LogP contribution in [0.1, 0.15) is 27.7 Å². The summed E-state index contributed by atoms with van der Waals surface area (Å²) >= 11 is 0. The van der Waals surface area contributed by atoms with Crippen molar-refractivity contribution < 1.29 is 28.6 Å². The molecule has 170 valence electrons. The quantitative estimate of drug-likeness (QED) is 0.731. The number of hydrogen-bond donors (Lipinski definition) is 2. The second kappa shape index (κ2) is 9.17. The van der Waals surface area contributed by atoms with Crippen LogP contribution >= 0.6 is 0 Å². The molecule has 1 aliphatic heterocycles. The van der Waals surface area contributed by atoms with Crippen LogP contribution < -0.4 is 25.0 Å². The van der Waals surface area contributed by atoms with Crippen LogP contribution in [0, 0.1) is 0 Å². The summed E-state index contributed by atoms with van der Waals surface area (Å²) in [5, 5.41) is 5.43. The van der Waals surface area contributed by atoms with Gasteiger partial charge in [-0.3, -0.25) is 19.8 Å². The minimum absolute atomic E-state index is 0.188. The van der Waals surface area contributed by atoms with Crippen LogP contribution in [0.25, 0.3) is 0 Å². The maximum atomic E-state index is 12.9. The summed E-state index contributed by atoms with van der Waals surface area (Å²) in [4.78, 5) is 39.0. The molecule has 1 aliphatic rings. The zero-order chi connectivity index (χ0) is 23.5. The highest BCUT2D eigenvalue weighted by Crippen LogP contribution is 2.36. The van der Waals surface area contributed by atoms with E-state index in [1.54, 1.807) is 77.3 Å². The number of benzene rings is 2. The summed E-state index contributed by atoms with van der Waals surface area (Å²) < 4.78 is 15.9. The van der Waals surface area contributed by atoms with Gasteiger partial charge in [0.15, 0.2) is 6.61 Å². The van der Waals surface area contributed by atoms with Gasteiger partial charge in [0.1, 0.15) is 23.1 Å². The topological polar surface area (TPSA) is 106 Å². The van der Waals surface area contributed by atoms with Crippen molar-refractivity contribution in [3.63, 3.8) is 0 Å². The molecule has 1 heterocycles. The number of fused-ring (bicyclic) bond motifs is 1. The Bertz CT molecular complexity index is 1010. The lowest BCUT2D eigenvalue weighted by molar-refractivity contribution is -0.125. The highest BCUT2D eigenvalue weighted by atomic mass is 16.6. The van der Waals surface area contributed by atoms with Crippen LogP contribution in [0.3, 0.4) is 0 Å². The number of carbonyl (C=O) groups is 3. The number of amides is 3. The van der Waals surface area contributed by atoms with Gasteiger partial charge in [0, 0.05) is 11.4 Å². The van der Waals surface area contributed by atoms with Gasteiger partial charge in [-0.2, -0.15) is 0 Å². The van der Waals surface area contributed by atoms with Crippen molar-refractivity contribution >= 4 is 35.0 Å². The molecule has 0 spiro atoms. The lowest BCUT2D eigenvalue weighted by Crippen LogP contribution is -2.49. The van der Waals surface area contributed by atoms with E-state index < -0.39 is 17.7 Å². The van der Waals surface area contributed by atoms with Crippen molar-refractivity contribution in [3.8, 4) is 11.5 Å². The average Bonchev–Trinajstić information content (AvgIpc) is 2.72. The fourth-order valence-electron chi connectivity index (χ4n) is 3.13. The second-order valence-electron chi connectivity index (χ2n) is 8.26. The monoisotopic (exact) mass is 441 g/mol. The third kappa shape index (κ3) is 5.48. The first-order valence-electron chi connectivity index (χ1n) is 10.1. The summed E-state index contributed by atoms with van der Waals surface area (Å²) in [6.45, 7) is 6.72. The van der Waals surface area contributed by atoms with Crippen LogP contribution in [0.5, 0.6) is 11.5 Å². The molecule has 9 nitrogen and oxygen atoms in total. The molecule has 3 rings (SSSR count). The molecule has 0 aromatic heterocycles. The van der Waals surface area contributed by atoms with Crippen LogP contribution in [0.4, 0.5) is 21.9 Å². The molecule has 3 amide bonds. The van der Waals surface area contributed by atoms with Crippen LogP contribution in [0.2, 0.25) is 0 Å². The van der Waals surface area contributed by atoms with E-state index in [1.165, 1.54) is 4.90 Å². The first-order valence-corrected chi connectivity index (χ1v) is 10.1. The van der Waals surface area contributed by atoms with E-state index in [0.29, 0.717) is 28.6 Å². The molecule has 0 saturated carbocycles. The molecule has 0 saturated heterocycles. The van der Waals surface area contributed by atoms with Gasteiger partial charge in [0.2, 0.25) is 5.91 Å². The summed E-state index contributed by atoms with van der Waals surface area (Å²) in [5.41, 5.74) is 0.706. The van der Waals surface area contributed by atoms with Crippen molar-refractivity contribution in [1.29, 1.82) is 0 Å². The molecule has 2 N–H and O–H groups in total. The Kier molecular flexibility index (Phi) is 6.57. The number of ether oxygens (including phenoxy) is 3. The first kappa shape index (κ1) is 22.9. The van der Waals surface area contributed by atoms with Crippen molar-refractivity contribution in [2.45, 2.75) is 39.3 Å². The second-order valence-corrected chi connectivity index (χ2v) is 8.26. The molecule has 0 radical (unpaired) electrons. The largest absolute Gasteiger partial charge is 0.497 e. The molecule has 0 bridgehead atoms. The van der Waals surface area contributed by atoms with Gasteiger partial charge in [-0.1, -0.05) is 0 Å². The molecule has 1 unspecified atom stereocenters. The number of nitrogens with one attached hydrogen (secondary N) is 2. The van der Waals surface area contributed by atoms with Crippen molar-refractivity contribution in [2.24, 2.45) is 0 Å². The van der Waals surface area contributed by atoms with E-state index in [1.807, 2.05) is 0 Å². The van der Waals surface area contributed by atoms with E-state index in [4.69, 9.17) is 14.2 Å². The summed E-state index contributed by atoms with van der Waals surface area (Å²) in [6.07, 6.45) is -0.627. The molecule has 1 atom stereocenters. The summed E-state index contributed by atoms with van der Waals surface area (Å²) in [5.74, 6) is 0.355. The standard InChI is InChI=1S/C23H27N3O6/c1-14(21(28)24-15-6-9-17(30-5)10-7-15)26-18-12-16(25-22(29)32-23(2,3)4)8-11-19(18)31-13-20(26)27/h6-12,14H,13H2,1-5H3,(H,24,28)(H,25,29). The lowest BCUT2D eigenvalue weighted by Gasteiger charge is -2.33. The fourth-order valence-corrected chi connectivity index (χ4v) is 3.13. The molecule has 2 aromatic carbocycles. The van der Waals surface area contributed by atoms with Crippen molar-refractivity contribution in [1.82, 2.24) is 0 Å². The van der Waals surface area contributed by atoms with Crippen LogP contribution in [-0.4, -0.2) is 43.3 Å². The van der Waals surface area contributed by atoms with E-state index in [2.05, 4.69) is 10.6 Å². The Labute approximate surface area is 186 Å². The van der Waals surface area contributed by atoms with Crippen LogP contribution in [0.15, 0.2) is 42.5 Å². The number of methoxy groups -OCH3 is 1. The Morgan fingerprint density at radius 3 is 2.34 bits per heavy atom. The van der Waals surface area contributed by atoms with E-state index >= 15 is 0 Å². The maximum absolute atomic E-state index is 12.9. The van der Waals surface area contributed by atoms with Gasteiger partial charge in [-0.15, -0.1) is 0 Å². The molecule has 2 aromatic rings. The van der Waals surface area contributed by atoms with Gasteiger partial charge >= 0.3 is 6.09 Å². The fraction of sp³-hybridized carbons (Fsp3) is 0.348. The minimum atomic E-state index is -0.830. The Morgan fingerprint density at radius 1 is 1.06 bits per heavy atom. The zero-order valence-electron chi connectivity index (χ0n) is 18.7. The van der Waals surface area contributed by atoms with Crippen LogP contribution in [-0.2, 0) is 14.3 Å². The van der Waals surface area contributed by atoms with Gasteiger partial charge in [-0.05, 0) is 70.2 Å². The third-order valence-corrected chi connectivity index (χ3v) is 4.61. The third-order valence-electron chi connectivity index (χ3n) is 4.61. The van der Waals surface area contributed by atoms with Gasteiger partial charge in [-0.25, -0.2) is 4.79 Å². The van der Waals surface area contributed by atoms with Gasteiger partial charge in [0.05, 0.1) is 12.8 Å². The predicted octanol–water partition coefficient (Wildman–Crippen LogP) is 3.79. The Morgan fingerprint density at radius 2 is 1.72 bits per heavy atom. The van der Waals surface area contributed by atoms with E-state index in [9.17, 15) is 14.4 Å².